The van der Waals surface area contributed by atoms with Gasteiger partial charge in [0.2, 0.25) is 0 Å². The van der Waals surface area contributed by atoms with Gasteiger partial charge in [-0.1, -0.05) is 6.07 Å². The molecular formula is C12H6F3N3O2. The number of aromatic carboxylic acids is 1. The molecule has 0 aliphatic rings. The average molecular weight is 281 g/mol. The van der Waals surface area contributed by atoms with E-state index in [1.165, 1.54) is 24.3 Å². The maximum atomic E-state index is 12.7. The molecule has 5 nitrogen and oxygen atoms in total. The number of alkyl halides is 3. The molecule has 1 N–H and O–H groups in total. The Balaban J connectivity index is 2.59. The molecule has 1 aromatic carbocycles. The van der Waals surface area contributed by atoms with E-state index in [0.717, 1.165) is 10.9 Å². The number of carbonyl (C=O) groups is 1. The van der Waals surface area contributed by atoms with Crippen LogP contribution in [0.3, 0.4) is 0 Å². The Morgan fingerprint density at radius 3 is 2.60 bits per heavy atom. The quantitative estimate of drug-likeness (QED) is 0.917. The SMILES string of the molecule is N#Cc1cccc(-n2cc(C(=O)O)c(C(F)(F)F)n2)c1. The third-order valence-corrected chi connectivity index (χ3v) is 2.45. The number of benzene rings is 1. The van der Waals surface area contributed by atoms with Crippen LogP contribution in [0, 0.1) is 11.3 Å². The molecular weight excluding hydrogens is 275 g/mol. The van der Waals surface area contributed by atoms with Crippen molar-refractivity contribution in [3.63, 3.8) is 0 Å². The molecule has 0 bridgehead atoms. The average Bonchev–Trinajstić information content (AvgIpc) is 2.84. The lowest BCUT2D eigenvalue weighted by atomic mass is 10.2. The van der Waals surface area contributed by atoms with Crippen LogP contribution < -0.4 is 0 Å². The molecule has 0 radical (unpaired) electrons. The number of hydrogen-bond donors (Lipinski definition) is 1. The van der Waals surface area contributed by atoms with E-state index in [2.05, 4.69) is 5.10 Å². The number of carboxylic acid groups (broad SMARTS) is 1. The van der Waals surface area contributed by atoms with Crippen LogP contribution in [0.15, 0.2) is 30.5 Å². The predicted octanol–water partition coefficient (Wildman–Crippen LogP) is 2.46. The lowest BCUT2D eigenvalue weighted by molar-refractivity contribution is -0.141. The van der Waals surface area contributed by atoms with Crippen molar-refractivity contribution in [2.24, 2.45) is 0 Å². The number of halogens is 3. The Kier molecular flexibility index (Phi) is 3.19. The minimum absolute atomic E-state index is 0.169. The molecule has 102 valence electrons. The first-order chi connectivity index (χ1) is 9.32. The predicted molar refractivity (Wildman–Crippen MR) is 60.2 cm³/mol. The first-order valence-corrected chi connectivity index (χ1v) is 5.23. The highest BCUT2D eigenvalue weighted by Crippen LogP contribution is 2.31. The Morgan fingerprint density at radius 2 is 2.10 bits per heavy atom. The summed E-state index contributed by atoms with van der Waals surface area (Å²) in [6.07, 6.45) is -4.10. The number of aromatic nitrogens is 2. The molecule has 20 heavy (non-hydrogen) atoms. The molecule has 0 saturated carbocycles. The molecule has 0 aliphatic heterocycles. The zero-order valence-electron chi connectivity index (χ0n) is 9.72. The second-order valence-corrected chi connectivity index (χ2v) is 3.80. The van der Waals surface area contributed by atoms with Gasteiger partial charge in [-0.3, -0.25) is 0 Å². The lowest BCUT2D eigenvalue weighted by Crippen LogP contribution is -2.12. The van der Waals surface area contributed by atoms with Gasteiger partial charge in [0.25, 0.3) is 0 Å². The molecule has 0 aliphatic carbocycles. The Bertz CT molecular complexity index is 713. The molecule has 0 saturated heterocycles. The number of hydrogen-bond acceptors (Lipinski definition) is 3. The highest BCUT2D eigenvalue weighted by Gasteiger charge is 2.39. The molecule has 1 aromatic heterocycles. The standard InChI is InChI=1S/C12H6F3N3O2/c13-12(14,15)10-9(11(19)20)6-18(17-10)8-3-1-2-7(4-8)5-16/h1-4,6H,(H,19,20). The van der Waals surface area contributed by atoms with Crippen molar-refractivity contribution in [1.82, 2.24) is 9.78 Å². The van der Waals surface area contributed by atoms with Crippen LogP contribution in [-0.4, -0.2) is 20.9 Å². The zero-order chi connectivity index (χ0) is 14.9. The summed E-state index contributed by atoms with van der Waals surface area (Å²) < 4.78 is 38.9. The summed E-state index contributed by atoms with van der Waals surface area (Å²) in [5.74, 6) is -1.72. The molecule has 1 heterocycles. The van der Waals surface area contributed by atoms with Crippen LogP contribution in [0.2, 0.25) is 0 Å². The Hall–Kier alpha value is -2.82. The summed E-state index contributed by atoms with van der Waals surface area (Å²) >= 11 is 0. The van der Waals surface area contributed by atoms with E-state index in [-0.39, 0.29) is 11.3 Å². The van der Waals surface area contributed by atoms with Gasteiger partial charge in [-0.15, -0.1) is 0 Å². The van der Waals surface area contributed by atoms with Gasteiger partial charge in [0.15, 0.2) is 5.69 Å². The summed E-state index contributed by atoms with van der Waals surface area (Å²) in [6, 6.07) is 7.48. The third-order valence-electron chi connectivity index (χ3n) is 2.45. The van der Waals surface area contributed by atoms with Crippen LogP contribution in [0.4, 0.5) is 13.2 Å². The van der Waals surface area contributed by atoms with E-state index in [9.17, 15) is 18.0 Å². The largest absolute Gasteiger partial charge is 0.478 e. The van der Waals surface area contributed by atoms with Gasteiger partial charge in [0.1, 0.15) is 5.56 Å². The number of rotatable bonds is 2. The molecule has 8 heteroatoms. The van der Waals surface area contributed by atoms with Crippen molar-refractivity contribution >= 4 is 5.97 Å². The van der Waals surface area contributed by atoms with Crippen LogP contribution >= 0.6 is 0 Å². The summed E-state index contributed by atoms with van der Waals surface area (Å²) in [5, 5.41) is 20.8. The molecule has 0 amide bonds. The van der Waals surface area contributed by atoms with Crippen LogP contribution in [0.25, 0.3) is 5.69 Å². The monoisotopic (exact) mass is 281 g/mol. The van der Waals surface area contributed by atoms with E-state index in [4.69, 9.17) is 10.4 Å². The Labute approximate surface area is 110 Å². The molecule has 0 spiro atoms. The minimum atomic E-state index is -4.87. The van der Waals surface area contributed by atoms with E-state index in [1.54, 1.807) is 0 Å². The molecule has 2 aromatic rings. The van der Waals surface area contributed by atoms with E-state index < -0.39 is 23.4 Å². The summed E-state index contributed by atoms with van der Waals surface area (Å²) in [6.45, 7) is 0. The van der Waals surface area contributed by atoms with Crippen LogP contribution in [0.1, 0.15) is 21.6 Å². The van der Waals surface area contributed by atoms with Gasteiger partial charge in [0.05, 0.1) is 17.3 Å². The highest BCUT2D eigenvalue weighted by molar-refractivity contribution is 5.89. The van der Waals surface area contributed by atoms with Crippen LogP contribution in [-0.2, 0) is 6.18 Å². The fourth-order valence-electron chi connectivity index (χ4n) is 1.59. The Morgan fingerprint density at radius 1 is 1.40 bits per heavy atom. The van der Waals surface area contributed by atoms with Gasteiger partial charge < -0.3 is 5.11 Å². The number of nitrogens with zero attached hydrogens (tertiary/aromatic N) is 3. The van der Waals surface area contributed by atoms with Crippen molar-refractivity contribution in [2.75, 3.05) is 0 Å². The van der Waals surface area contributed by atoms with Crippen molar-refractivity contribution in [2.45, 2.75) is 6.18 Å². The van der Waals surface area contributed by atoms with Gasteiger partial charge in [-0.05, 0) is 18.2 Å². The van der Waals surface area contributed by atoms with E-state index in [0.29, 0.717) is 0 Å². The van der Waals surface area contributed by atoms with Crippen molar-refractivity contribution in [1.29, 1.82) is 5.26 Å². The molecule has 0 atom stereocenters. The summed E-state index contributed by atoms with van der Waals surface area (Å²) in [4.78, 5) is 10.8. The first-order valence-electron chi connectivity index (χ1n) is 5.23. The van der Waals surface area contributed by atoms with Crippen molar-refractivity contribution in [3.8, 4) is 11.8 Å². The molecule has 2 rings (SSSR count). The van der Waals surface area contributed by atoms with Gasteiger partial charge >= 0.3 is 12.1 Å². The van der Waals surface area contributed by atoms with Gasteiger partial charge in [0, 0.05) is 6.20 Å². The van der Waals surface area contributed by atoms with E-state index >= 15 is 0 Å². The van der Waals surface area contributed by atoms with Gasteiger partial charge in [-0.25, -0.2) is 9.48 Å². The molecule has 0 unspecified atom stereocenters. The van der Waals surface area contributed by atoms with Crippen molar-refractivity contribution in [3.05, 3.63) is 47.3 Å². The minimum Gasteiger partial charge on any atom is -0.478 e. The second kappa shape index (κ2) is 4.70. The normalized spacial score (nSPS) is 11.1. The maximum Gasteiger partial charge on any atom is 0.436 e. The van der Waals surface area contributed by atoms with E-state index in [1.807, 2.05) is 6.07 Å². The highest BCUT2D eigenvalue weighted by atomic mass is 19.4. The number of nitriles is 1. The third kappa shape index (κ3) is 2.47. The van der Waals surface area contributed by atoms with Gasteiger partial charge in [-0.2, -0.15) is 23.5 Å². The zero-order valence-corrected chi connectivity index (χ0v) is 9.72. The summed E-state index contributed by atoms with van der Waals surface area (Å²) in [5.41, 5.74) is -2.03. The number of carboxylic acids is 1. The second-order valence-electron chi connectivity index (χ2n) is 3.80. The maximum absolute atomic E-state index is 12.7. The first kappa shape index (κ1) is 13.6. The van der Waals surface area contributed by atoms with Crippen molar-refractivity contribution < 1.29 is 23.1 Å². The smallest absolute Gasteiger partial charge is 0.436 e. The molecule has 0 fully saturated rings. The van der Waals surface area contributed by atoms with Crippen LogP contribution in [0.5, 0.6) is 0 Å². The summed E-state index contributed by atoms with van der Waals surface area (Å²) in [7, 11) is 0. The topological polar surface area (TPSA) is 78.9 Å². The fraction of sp³-hybridized carbons (Fsp3) is 0.0833. The fourth-order valence-corrected chi connectivity index (χ4v) is 1.59. The lowest BCUT2D eigenvalue weighted by Gasteiger charge is -2.03.